The second-order valence-corrected chi connectivity index (χ2v) is 6.85. The topological polar surface area (TPSA) is 81.3 Å². The average molecular weight is 427 g/mol. The highest BCUT2D eigenvalue weighted by Gasteiger charge is 2.36. The quantitative estimate of drug-likeness (QED) is 0.472. The Balaban J connectivity index is 1.68. The van der Waals surface area contributed by atoms with Crippen molar-refractivity contribution in [3.8, 4) is 23.0 Å². The highest BCUT2D eigenvalue weighted by Crippen LogP contribution is 2.36. The summed E-state index contributed by atoms with van der Waals surface area (Å²) in [4.78, 5) is 8.38. The van der Waals surface area contributed by atoms with Crippen LogP contribution in [0.2, 0.25) is 0 Å². The van der Waals surface area contributed by atoms with Crippen LogP contribution in [0.15, 0.2) is 77.4 Å². The largest absolute Gasteiger partial charge is 0.438 e. The summed E-state index contributed by atoms with van der Waals surface area (Å²) in [6, 6.07) is 16.6. The Morgan fingerprint density at radius 1 is 0.935 bits per heavy atom. The van der Waals surface area contributed by atoms with Crippen molar-refractivity contribution in [2.24, 2.45) is 0 Å². The number of nitrogens with zero attached hydrogens (tertiary/aromatic N) is 3. The molecular formula is C22H16F3N3O3. The predicted octanol–water partition coefficient (Wildman–Crippen LogP) is 5.20. The third-order valence-corrected chi connectivity index (χ3v) is 4.56. The molecule has 0 saturated heterocycles. The van der Waals surface area contributed by atoms with E-state index in [1.165, 1.54) is 25.3 Å². The summed E-state index contributed by atoms with van der Waals surface area (Å²) in [6.45, 7) is 1.28. The summed E-state index contributed by atoms with van der Waals surface area (Å²) < 4.78 is 50.1. The van der Waals surface area contributed by atoms with Crippen LogP contribution in [-0.4, -0.2) is 20.2 Å². The maximum atomic E-state index is 13.1. The van der Waals surface area contributed by atoms with Crippen molar-refractivity contribution >= 4 is 0 Å². The zero-order valence-electron chi connectivity index (χ0n) is 16.2. The van der Waals surface area contributed by atoms with Crippen molar-refractivity contribution in [1.29, 1.82) is 0 Å². The smallest absolute Gasteiger partial charge is 0.416 e. The first kappa shape index (κ1) is 20.5. The SMILES string of the molecule is C[C@](O)(c1cccc(C(F)(F)F)c1)c1nc(-c2cccnc2Oc2ccccc2)no1. The lowest BCUT2D eigenvalue weighted by Crippen LogP contribution is -2.24. The van der Waals surface area contributed by atoms with Crippen molar-refractivity contribution in [1.82, 2.24) is 15.1 Å². The molecule has 0 aliphatic heterocycles. The number of aromatic nitrogens is 3. The molecule has 9 heteroatoms. The van der Waals surface area contributed by atoms with Crippen LogP contribution in [-0.2, 0) is 11.8 Å². The summed E-state index contributed by atoms with van der Waals surface area (Å²) in [6.07, 6.45) is -3.02. The molecule has 0 fully saturated rings. The molecule has 0 aliphatic carbocycles. The van der Waals surface area contributed by atoms with Gasteiger partial charge in [0.05, 0.1) is 11.1 Å². The van der Waals surface area contributed by atoms with Gasteiger partial charge in [0.15, 0.2) is 5.60 Å². The van der Waals surface area contributed by atoms with Crippen LogP contribution in [0.1, 0.15) is 23.9 Å². The number of aliphatic hydroxyl groups is 1. The van der Waals surface area contributed by atoms with Gasteiger partial charge in [-0.1, -0.05) is 35.5 Å². The number of hydrogen-bond donors (Lipinski definition) is 1. The van der Waals surface area contributed by atoms with Gasteiger partial charge in [0.25, 0.3) is 5.89 Å². The van der Waals surface area contributed by atoms with Crippen LogP contribution in [0.4, 0.5) is 13.2 Å². The second-order valence-electron chi connectivity index (χ2n) is 6.85. The van der Waals surface area contributed by atoms with E-state index in [0.29, 0.717) is 11.3 Å². The predicted molar refractivity (Wildman–Crippen MR) is 104 cm³/mol. The van der Waals surface area contributed by atoms with Crippen LogP contribution < -0.4 is 4.74 Å². The normalized spacial score (nSPS) is 13.6. The fourth-order valence-electron chi connectivity index (χ4n) is 2.89. The maximum Gasteiger partial charge on any atom is 0.416 e. The van der Waals surface area contributed by atoms with Gasteiger partial charge in [0, 0.05) is 6.20 Å². The molecule has 1 N–H and O–H groups in total. The lowest BCUT2D eigenvalue weighted by Gasteiger charge is -2.20. The Morgan fingerprint density at radius 2 is 1.68 bits per heavy atom. The number of alkyl halides is 3. The van der Waals surface area contributed by atoms with E-state index < -0.39 is 17.3 Å². The number of pyridine rings is 1. The molecule has 2 heterocycles. The molecule has 158 valence electrons. The standard InChI is InChI=1S/C22H16F3N3O3/c1-21(29,14-7-5-8-15(13-14)22(23,24)25)20-27-18(28-31-20)17-11-6-12-26-19(17)30-16-9-3-2-4-10-16/h2-13,29H,1H3/t21-/m0/s1. The van der Waals surface area contributed by atoms with E-state index in [4.69, 9.17) is 9.26 Å². The highest BCUT2D eigenvalue weighted by atomic mass is 19.4. The van der Waals surface area contributed by atoms with Crippen LogP contribution in [0, 0.1) is 0 Å². The Bertz CT molecular complexity index is 1190. The minimum Gasteiger partial charge on any atom is -0.438 e. The van der Waals surface area contributed by atoms with E-state index in [9.17, 15) is 18.3 Å². The Labute approximate surface area is 175 Å². The molecule has 0 bridgehead atoms. The Hall–Kier alpha value is -3.72. The fourth-order valence-corrected chi connectivity index (χ4v) is 2.89. The Kier molecular flexibility index (Phi) is 5.20. The van der Waals surface area contributed by atoms with Gasteiger partial charge in [-0.25, -0.2) is 4.98 Å². The molecule has 2 aromatic heterocycles. The minimum atomic E-state index is -4.55. The van der Waals surface area contributed by atoms with E-state index >= 15 is 0 Å². The monoisotopic (exact) mass is 427 g/mol. The van der Waals surface area contributed by atoms with E-state index in [1.807, 2.05) is 6.07 Å². The molecule has 0 spiro atoms. The van der Waals surface area contributed by atoms with Crippen LogP contribution in [0.25, 0.3) is 11.4 Å². The van der Waals surface area contributed by atoms with Gasteiger partial charge in [0.2, 0.25) is 11.7 Å². The molecule has 6 nitrogen and oxygen atoms in total. The summed E-state index contributed by atoms with van der Waals surface area (Å²) in [5.41, 5.74) is -2.49. The number of hydrogen-bond acceptors (Lipinski definition) is 6. The average Bonchev–Trinajstić information content (AvgIpc) is 3.25. The van der Waals surface area contributed by atoms with Crippen molar-refractivity contribution in [3.05, 3.63) is 89.9 Å². The van der Waals surface area contributed by atoms with Crippen molar-refractivity contribution < 1.29 is 27.5 Å². The molecule has 1 atom stereocenters. The van der Waals surface area contributed by atoms with Gasteiger partial charge in [-0.15, -0.1) is 0 Å². The van der Waals surface area contributed by atoms with Crippen molar-refractivity contribution in [2.45, 2.75) is 18.7 Å². The lowest BCUT2D eigenvalue weighted by molar-refractivity contribution is -0.137. The molecule has 2 aromatic carbocycles. The van der Waals surface area contributed by atoms with Gasteiger partial charge in [0.1, 0.15) is 5.75 Å². The molecule has 0 unspecified atom stereocenters. The summed E-state index contributed by atoms with van der Waals surface area (Å²) in [5.74, 6) is 0.555. The molecule has 0 amide bonds. The van der Waals surface area contributed by atoms with Crippen molar-refractivity contribution in [3.63, 3.8) is 0 Å². The molecule has 0 aliphatic rings. The molecule has 0 saturated carbocycles. The van der Waals surface area contributed by atoms with Crippen LogP contribution >= 0.6 is 0 Å². The maximum absolute atomic E-state index is 13.1. The van der Waals surface area contributed by atoms with Gasteiger partial charge in [-0.3, -0.25) is 0 Å². The summed E-state index contributed by atoms with van der Waals surface area (Å²) >= 11 is 0. The number of ether oxygens (including phenoxy) is 1. The molecule has 31 heavy (non-hydrogen) atoms. The van der Waals surface area contributed by atoms with Crippen LogP contribution in [0.5, 0.6) is 11.6 Å². The van der Waals surface area contributed by atoms with E-state index in [2.05, 4.69) is 15.1 Å². The molecule has 4 rings (SSSR count). The third kappa shape index (κ3) is 4.26. The number of para-hydroxylation sites is 1. The minimum absolute atomic E-state index is 0.0375. The van der Waals surface area contributed by atoms with Gasteiger partial charge < -0.3 is 14.4 Å². The number of rotatable bonds is 5. The third-order valence-electron chi connectivity index (χ3n) is 4.56. The first-order valence-electron chi connectivity index (χ1n) is 9.18. The zero-order valence-corrected chi connectivity index (χ0v) is 16.2. The molecule has 4 aromatic rings. The van der Waals surface area contributed by atoms with E-state index in [-0.39, 0.29) is 23.2 Å². The number of benzene rings is 2. The van der Waals surface area contributed by atoms with Crippen molar-refractivity contribution in [2.75, 3.05) is 0 Å². The first-order valence-corrected chi connectivity index (χ1v) is 9.18. The van der Waals surface area contributed by atoms with Gasteiger partial charge in [-0.05, 0) is 48.9 Å². The van der Waals surface area contributed by atoms with Crippen LogP contribution in [0.3, 0.4) is 0 Å². The number of halogens is 3. The molecular weight excluding hydrogens is 411 g/mol. The summed E-state index contributed by atoms with van der Waals surface area (Å²) in [7, 11) is 0. The van der Waals surface area contributed by atoms with E-state index in [0.717, 1.165) is 12.1 Å². The van der Waals surface area contributed by atoms with Gasteiger partial charge in [-0.2, -0.15) is 18.2 Å². The lowest BCUT2D eigenvalue weighted by atomic mass is 9.94. The first-order chi connectivity index (χ1) is 14.7. The second kappa shape index (κ2) is 7.84. The van der Waals surface area contributed by atoms with E-state index in [1.54, 1.807) is 36.4 Å². The zero-order chi connectivity index (χ0) is 22.1. The molecule has 0 radical (unpaired) electrons. The summed E-state index contributed by atoms with van der Waals surface area (Å²) in [5, 5.41) is 14.8. The highest BCUT2D eigenvalue weighted by molar-refractivity contribution is 5.61. The van der Waals surface area contributed by atoms with Gasteiger partial charge >= 0.3 is 6.18 Å². The Morgan fingerprint density at radius 3 is 2.42 bits per heavy atom. The fraction of sp³-hybridized carbons (Fsp3) is 0.136.